The highest BCUT2D eigenvalue weighted by atomic mass is 16.5. The van der Waals surface area contributed by atoms with E-state index in [9.17, 15) is 5.11 Å². The third-order valence-corrected chi connectivity index (χ3v) is 3.01. The van der Waals surface area contributed by atoms with E-state index in [1.54, 1.807) is 7.11 Å². The average Bonchev–Trinajstić information content (AvgIpc) is 2.03. The molecule has 2 atom stereocenters. The van der Waals surface area contributed by atoms with Crippen LogP contribution in [0.15, 0.2) is 0 Å². The molecule has 1 heterocycles. The van der Waals surface area contributed by atoms with Crippen molar-refractivity contribution < 1.29 is 14.6 Å². The predicted octanol–water partition coefficient (Wildman–Crippen LogP) is 1.20. The maximum absolute atomic E-state index is 10.5. The second-order valence-corrected chi connectivity index (χ2v) is 4.72. The first-order valence-corrected chi connectivity index (χ1v) is 4.75. The van der Waals surface area contributed by atoms with E-state index in [1.165, 1.54) is 0 Å². The molecule has 3 nitrogen and oxygen atoms in total. The lowest BCUT2D eigenvalue weighted by atomic mass is 9.70. The second-order valence-electron chi connectivity index (χ2n) is 4.72. The van der Waals surface area contributed by atoms with Crippen molar-refractivity contribution in [1.82, 2.24) is 0 Å². The topological polar surface area (TPSA) is 38.7 Å². The summed E-state index contributed by atoms with van der Waals surface area (Å²) in [7, 11) is 1.62. The van der Waals surface area contributed by atoms with Gasteiger partial charge in [0.05, 0.1) is 12.2 Å². The van der Waals surface area contributed by atoms with Crippen LogP contribution in [0.2, 0.25) is 0 Å². The fraction of sp³-hybridized carbons (Fsp3) is 1.00. The summed E-state index contributed by atoms with van der Waals surface area (Å²) in [5.41, 5.74) is -0.933. The Morgan fingerprint density at radius 1 is 1.46 bits per heavy atom. The Morgan fingerprint density at radius 3 is 2.46 bits per heavy atom. The molecule has 2 unspecified atom stereocenters. The number of hydrogen-bond acceptors (Lipinski definition) is 3. The first kappa shape index (κ1) is 11.0. The van der Waals surface area contributed by atoms with Crippen molar-refractivity contribution in [3.05, 3.63) is 0 Å². The van der Waals surface area contributed by atoms with Crippen molar-refractivity contribution in [2.45, 2.75) is 38.9 Å². The van der Waals surface area contributed by atoms with Crippen LogP contribution in [0.1, 0.15) is 27.2 Å². The molecule has 1 N–H and O–H groups in total. The van der Waals surface area contributed by atoms with Gasteiger partial charge < -0.3 is 14.6 Å². The average molecular weight is 188 g/mol. The van der Waals surface area contributed by atoms with Gasteiger partial charge in [-0.3, -0.25) is 0 Å². The molecule has 0 spiro atoms. The van der Waals surface area contributed by atoms with Gasteiger partial charge in [0.2, 0.25) is 0 Å². The van der Waals surface area contributed by atoms with Crippen LogP contribution in [0.3, 0.4) is 0 Å². The maximum Gasteiger partial charge on any atom is 0.110 e. The molecule has 0 radical (unpaired) electrons. The summed E-state index contributed by atoms with van der Waals surface area (Å²) in [6.07, 6.45) is 0.441. The zero-order chi connectivity index (χ0) is 10.1. The van der Waals surface area contributed by atoms with Crippen molar-refractivity contribution in [1.29, 1.82) is 0 Å². The van der Waals surface area contributed by atoms with Crippen LogP contribution in [0.5, 0.6) is 0 Å². The molecule has 0 amide bonds. The number of ether oxygens (including phenoxy) is 2. The Bertz CT molecular complexity index is 173. The van der Waals surface area contributed by atoms with Gasteiger partial charge in [-0.2, -0.15) is 0 Å². The minimum atomic E-state index is -0.764. The number of hydrogen-bond donors (Lipinski definition) is 1. The van der Waals surface area contributed by atoms with Gasteiger partial charge in [0.15, 0.2) is 0 Å². The minimum absolute atomic E-state index is 0.169. The van der Waals surface area contributed by atoms with Crippen LogP contribution in [-0.4, -0.2) is 37.1 Å². The van der Waals surface area contributed by atoms with Gasteiger partial charge in [-0.15, -0.1) is 0 Å². The van der Waals surface area contributed by atoms with Gasteiger partial charge >= 0.3 is 0 Å². The van der Waals surface area contributed by atoms with Crippen LogP contribution in [0, 0.1) is 5.41 Å². The van der Waals surface area contributed by atoms with E-state index in [0.717, 1.165) is 0 Å². The fourth-order valence-corrected chi connectivity index (χ4v) is 1.84. The van der Waals surface area contributed by atoms with Crippen molar-refractivity contribution in [3.63, 3.8) is 0 Å². The molecule has 1 aliphatic rings. The molecule has 3 heteroatoms. The van der Waals surface area contributed by atoms with E-state index in [1.807, 2.05) is 20.8 Å². The van der Waals surface area contributed by atoms with Crippen molar-refractivity contribution in [2.75, 3.05) is 20.3 Å². The lowest BCUT2D eigenvalue weighted by Gasteiger charge is -2.47. The molecule has 0 aromatic heterocycles. The van der Waals surface area contributed by atoms with Crippen LogP contribution in [0.25, 0.3) is 0 Å². The summed E-state index contributed by atoms with van der Waals surface area (Å²) in [4.78, 5) is 0. The predicted molar refractivity (Wildman–Crippen MR) is 50.6 cm³/mol. The third kappa shape index (κ3) is 1.87. The Morgan fingerprint density at radius 2 is 2.08 bits per heavy atom. The molecule has 78 valence electrons. The summed E-state index contributed by atoms with van der Waals surface area (Å²) in [6.45, 7) is 7.21. The summed E-state index contributed by atoms with van der Waals surface area (Å²) in [6, 6.07) is 0. The second kappa shape index (κ2) is 3.56. The number of methoxy groups -OCH3 is 1. The highest BCUT2D eigenvalue weighted by Crippen LogP contribution is 2.39. The van der Waals surface area contributed by atoms with Crippen LogP contribution in [0.4, 0.5) is 0 Å². The van der Waals surface area contributed by atoms with Gasteiger partial charge in [-0.1, -0.05) is 20.8 Å². The first-order chi connectivity index (χ1) is 5.92. The quantitative estimate of drug-likeness (QED) is 0.672. The Labute approximate surface area is 80.0 Å². The summed E-state index contributed by atoms with van der Waals surface area (Å²) < 4.78 is 10.5. The fourth-order valence-electron chi connectivity index (χ4n) is 1.84. The zero-order valence-electron chi connectivity index (χ0n) is 8.96. The molecule has 0 saturated carbocycles. The molecule has 13 heavy (non-hydrogen) atoms. The van der Waals surface area contributed by atoms with E-state index < -0.39 is 5.60 Å². The molecule has 1 rings (SSSR count). The van der Waals surface area contributed by atoms with Gasteiger partial charge in [-0.25, -0.2) is 0 Å². The summed E-state index contributed by atoms with van der Waals surface area (Å²) in [5, 5.41) is 10.5. The zero-order valence-corrected chi connectivity index (χ0v) is 8.96. The molecule has 1 saturated heterocycles. The smallest absolute Gasteiger partial charge is 0.110 e. The molecule has 1 fully saturated rings. The van der Waals surface area contributed by atoms with E-state index in [2.05, 4.69) is 0 Å². The molecular formula is C10H20O3. The van der Waals surface area contributed by atoms with Crippen molar-refractivity contribution in [2.24, 2.45) is 5.41 Å². The third-order valence-electron chi connectivity index (χ3n) is 3.01. The largest absolute Gasteiger partial charge is 0.386 e. The number of aliphatic hydroxyl groups is 1. The maximum atomic E-state index is 10.5. The standard InChI is InChI=1S/C10H20O3/c1-9(2,3)10(11)5-6-13-7-8(10)12-4/h8,11H,5-7H2,1-4H3. The van der Waals surface area contributed by atoms with Crippen LogP contribution < -0.4 is 0 Å². The van der Waals surface area contributed by atoms with E-state index in [-0.39, 0.29) is 11.5 Å². The SMILES string of the molecule is COC1COCCC1(O)C(C)(C)C. The normalized spacial score (nSPS) is 36.2. The summed E-state index contributed by atoms with van der Waals surface area (Å²) in [5.74, 6) is 0. The minimum Gasteiger partial charge on any atom is -0.386 e. The molecule has 0 bridgehead atoms. The van der Waals surface area contributed by atoms with Crippen molar-refractivity contribution >= 4 is 0 Å². The van der Waals surface area contributed by atoms with Gasteiger partial charge in [0.1, 0.15) is 6.10 Å². The van der Waals surface area contributed by atoms with Crippen LogP contribution >= 0.6 is 0 Å². The highest BCUT2D eigenvalue weighted by molar-refractivity contribution is 4.98. The lowest BCUT2D eigenvalue weighted by molar-refractivity contribution is -0.208. The van der Waals surface area contributed by atoms with Crippen LogP contribution in [-0.2, 0) is 9.47 Å². The monoisotopic (exact) mass is 188 g/mol. The van der Waals surface area contributed by atoms with E-state index in [0.29, 0.717) is 19.6 Å². The van der Waals surface area contributed by atoms with E-state index >= 15 is 0 Å². The molecular weight excluding hydrogens is 168 g/mol. The lowest BCUT2D eigenvalue weighted by Crippen LogP contribution is -2.58. The Kier molecular flexibility index (Phi) is 3.00. The van der Waals surface area contributed by atoms with Gasteiger partial charge in [0, 0.05) is 20.1 Å². The molecule has 0 aromatic carbocycles. The Hall–Kier alpha value is -0.120. The number of rotatable bonds is 1. The molecule has 0 aliphatic carbocycles. The van der Waals surface area contributed by atoms with Crippen molar-refractivity contribution in [3.8, 4) is 0 Å². The van der Waals surface area contributed by atoms with Gasteiger partial charge in [-0.05, 0) is 5.41 Å². The molecule has 0 aromatic rings. The molecule has 1 aliphatic heterocycles. The highest BCUT2D eigenvalue weighted by Gasteiger charge is 2.48. The van der Waals surface area contributed by atoms with E-state index in [4.69, 9.17) is 9.47 Å². The first-order valence-electron chi connectivity index (χ1n) is 4.75. The summed E-state index contributed by atoms with van der Waals surface area (Å²) >= 11 is 0. The van der Waals surface area contributed by atoms with Gasteiger partial charge in [0.25, 0.3) is 0 Å². The Balaban J connectivity index is 2.83.